The predicted molar refractivity (Wildman–Crippen MR) is 45.4 cm³/mol. The van der Waals surface area contributed by atoms with Gasteiger partial charge in [-0.25, -0.2) is 4.21 Å². The molecule has 8 heteroatoms. The van der Waals surface area contributed by atoms with Crippen LogP contribution >= 0.6 is 0 Å². The first kappa shape index (κ1) is 13.0. The van der Waals surface area contributed by atoms with E-state index in [1.165, 1.54) is 0 Å². The van der Waals surface area contributed by atoms with Gasteiger partial charge in [0.25, 0.3) is 0 Å². The molecule has 0 bridgehead atoms. The summed E-state index contributed by atoms with van der Waals surface area (Å²) in [6, 6.07) is 2.42. The molecule has 1 rings (SSSR count). The summed E-state index contributed by atoms with van der Waals surface area (Å²) < 4.78 is 80.2. The third kappa shape index (κ3) is 2.38. The Morgan fingerprint density at radius 2 is 1.44 bits per heavy atom. The topological polar surface area (TPSA) is 37.3 Å². The fourth-order valence-corrected chi connectivity index (χ4v) is 1.31. The molecule has 1 aromatic carbocycles. The molecule has 0 aliphatic rings. The average Bonchev–Trinajstić information content (AvgIpc) is 2.16. The van der Waals surface area contributed by atoms with Crippen LogP contribution in [0.2, 0.25) is 0 Å². The maximum absolute atomic E-state index is 12.7. The molecule has 0 aliphatic heterocycles. The zero-order valence-corrected chi connectivity index (χ0v) is 8.28. The molecule has 1 N–H and O–H groups in total. The van der Waals surface area contributed by atoms with Crippen molar-refractivity contribution in [2.75, 3.05) is 0 Å². The molecule has 1 aromatic rings. The number of alkyl halides is 5. The van der Waals surface area contributed by atoms with Gasteiger partial charge in [0.15, 0.2) is 11.1 Å². The third-order valence-corrected chi connectivity index (χ3v) is 2.45. The zero-order chi connectivity index (χ0) is 12.6. The van der Waals surface area contributed by atoms with E-state index in [0.717, 1.165) is 12.1 Å². The van der Waals surface area contributed by atoms with Gasteiger partial charge in [-0.2, -0.15) is 22.0 Å². The highest BCUT2D eigenvalue weighted by Crippen LogP contribution is 2.43. The fraction of sp³-hybridized carbons (Fsp3) is 0.250. The van der Waals surface area contributed by atoms with Gasteiger partial charge in [-0.3, -0.25) is 0 Å². The Bertz CT molecular complexity index is 398. The van der Waals surface area contributed by atoms with Crippen LogP contribution in [0.15, 0.2) is 29.2 Å². The lowest BCUT2D eigenvalue weighted by molar-refractivity contribution is -0.289. The number of hydrogen-bond donors (Lipinski definition) is 1. The summed E-state index contributed by atoms with van der Waals surface area (Å²) in [5.41, 5.74) is -1.27. The highest BCUT2D eigenvalue weighted by Gasteiger charge is 2.58. The maximum atomic E-state index is 12.7. The van der Waals surface area contributed by atoms with E-state index in [9.17, 15) is 26.2 Å². The van der Waals surface area contributed by atoms with Crippen LogP contribution < -0.4 is 0 Å². The van der Waals surface area contributed by atoms with Crippen molar-refractivity contribution < 1.29 is 30.7 Å². The van der Waals surface area contributed by atoms with E-state index in [4.69, 9.17) is 4.55 Å². The summed E-state index contributed by atoms with van der Waals surface area (Å²) in [7, 11) is 0. The van der Waals surface area contributed by atoms with Crippen LogP contribution in [-0.4, -0.2) is 14.9 Å². The van der Waals surface area contributed by atoms with Gasteiger partial charge in [0.1, 0.15) is 0 Å². The Labute approximate surface area is 89.4 Å². The second-order valence-corrected chi connectivity index (χ2v) is 3.82. The normalized spacial score (nSPS) is 14.9. The number of rotatable bonds is 2. The van der Waals surface area contributed by atoms with Crippen molar-refractivity contribution >= 4 is 11.1 Å². The standard InChI is InChI=1S/C8H5F5O2S/c9-7(10,8(11,12)13)5-1-3-6(4-2-5)16(14)15/h1-4H,(H,14,15). The second-order valence-electron chi connectivity index (χ2n) is 2.85. The molecule has 1 atom stereocenters. The minimum atomic E-state index is -5.69. The predicted octanol–water partition coefficient (Wildman–Crippen LogP) is 2.92. The molecule has 16 heavy (non-hydrogen) atoms. The second kappa shape index (κ2) is 4.10. The van der Waals surface area contributed by atoms with Crippen LogP contribution in [0.4, 0.5) is 22.0 Å². The molecular weight excluding hydrogens is 255 g/mol. The Morgan fingerprint density at radius 3 is 1.75 bits per heavy atom. The average molecular weight is 260 g/mol. The Kier molecular flexibility index (Phi) is 3.34. The Hall–Kier alpha value is -1.02. The summed E-state index contributed by atoms with van der Waals surface area (Å²) in [4.78, 5) is -0.248. The summed E-state index contributed by atoms with van der Waals surface area (Å²) in [5, 5.41) is 0. The lowest BCUT2D eigenvalue weighted by Crippen LogP contribution is -2.33. The molecule has 0 saturated heterocycles. The summed E-state index contributed by atoms with van der Waals surface area (Å²) >= 11 is -2.41. The lowest BCUT2D eigenvalue weighted by atomic mass is 10.1. The van der Waals surface area contributed by atoms with Crippen molar-refractivity contribution in [1.29, 1.82) is 0 Å². The highest BCUT2D eigenvalue weighted by molar-refractivity contribution is 7.79. The third-order valence-electron chi connectivity index (χ3n) is 1.77. The molecule has 0 saturated carbocycles. The van der Waals surface area contributed by atoms with E-state index in [0.29, 0.717) is 12.1 Å². The first-order valence-corrected chi connectivity index (χ1v) is 4.93. The minimum absolute atomic E-state index is 0.248. The van der Waals surface area contributed by atoms with Crippen LogP contribution in [0.3, 0.4) is 0 Å². The van der Waals surface area contributed by atoms with Crippen LogP contribution in [0.5, 0.6) is 0 Å². The number of benzene rings is 1. The first-order chi connectivity index (χ1) is 7.16. The van der Waals surface area contributed by atoms with Gasteiger partial charge >= 0.3 is 12.1 Å². The van der Waals surface area contributed by atoms with E-state index in [2.05, 4.69) is 0 Å². The van der Waals surface area contributed by atoms with E-state index in [1.54, 1.807) is 0 Å². The summed E-state index contributed by atoms with van der Waals surface area (Å²) in [6.07, 6.45) is -5.69. The van der Waals surface area contributed by atoms with Crippen LogP contribution in [0.25, 0.3) is 0 Å². The molecule has 0 fully saturated rings. The molecule has 0 aliphatic carbocycles. The molecule has 0 spiro atoms. The van der Waals surface area contributed by atoms with Gasteiger partial charge in [-0.1, -0.05) is 12.1 Å². The van der Waals surface area contributed by atoms with Gasteiger partial charge in [-0.05, 0) is 12.1 Å². The van der Waals surface area contributed by atoms with Crippen LogP contribution in [0, 0.1) is 0 Å². The van der Waals surface area contributed by atoms with Gasteiger partial charge in [0.2, 0.25) is 0 Å². The molecule has 0 amide bonds. The fourth-order valence-electron chi connectivity index (χ4n) is 0.944. The molecule has 0 heterocycles. The molecule has 1 unspecified atom stereocenters. The SMILES string of the molecule is O=S(O)c1ccc(C(F)(F)C(F)(F)F)cc1. The van der Waals surface area contributed by atoms with Crippen molar-refractivity contribution in [3.05, 3.63) is 29.8 Å². The van der Waals surface area contributed by atoms with Crippen molar-refractivity contribution in [3.63, 3.8) is 0 Å². The molecule has 2 nitrogen and oxygen atoms in total. The highest BCUT2D eigenvalue weighted by atomic mass is 32.2. The summed E-state index contributed by atoms with van der Waals surface area (Å²) in [5.74, 6) is -4.97. The zero-order valence-electron chi connectivity index (χ0n) is 7.46. The minimum Gasteiger partial charge on any atom is -0.302 e. The Morgan fingerprint density at radius 1 is 1.00 bits per heavy atom. The van der Waals surface area contributed by atoms with E-state index < -0.39 is 28.7 Å². The molecule has 0 aromatic heterocycles. The maximum Gasteiger partial charge on any atom is 0.458 e. The van der Waals surface area contributed by atoms with Crippen LogP contribution in [0.1, 0.15) is 5.56 Å². The van der Waals surface area contributed by atoms with Crippen molar-refractivity contribution in [1.82, 2.24) is 0 Å². The summed E-state index contributed by atoms with van der Waals surface area (Å²) in [6.45, 7) is 0. The quantitative estimate of drug-likeness (QED) is 0.655. The van der Waals surface area contributed by atoms with Crippen molar-refractivity contribution in [2.45, 2.75) is 17.0 Å². The molecule has 0 radical (unpaired) electrons. The van der Waals surface area contributed by atoms with Gasteiger partial charge in [0.05, 0.1) is 4.90 Å². The lowest BCUT2D eigenvalue weighted by Gasteiger charge is -2.19. The molecular formula is C8H5F5O2S. The monoisotopic (exact) mass is 260 g/mol. The largest absolute Gasteiger partial charge is 0.458 e. The molecule has 90 valence electrons. The van der Waals surface area contributed by atoms with Crippen LogP contribution in [-0.2, 0) is 17.0 Å². The van der Waals surface area contributed by atoms with E-state index in [1.807, 2.05) is 0 Å². The number of hydrogen-bond acceptors (Lipinski definition) is 1. The van der Waals surface area contributed by atoms with Gasteiger partial charge in [-0.15, -0.1) is 0 Å². The Balaban J connectivity index is 3.11. The van der Waals surface area contributed by atoms with E-state index in [-0.39, 0.29) is 4.90 Å². The van der Waals surface area contributed by atoms with Crippen molar-refractivity contribution in [3.8, 4) is 0 Å². The number of halogens is 5. The van der Waals surface area contributed by atoms with Gasteiger partial charge in [0, 0.05) is 5.56 Å². The van der Waals surface area contributed by atoms with Crippen molar-refractivity contribution in [2.24, 2.45) is 0 Å². The van der Waals surface area contributed by atoms with E-state index >= 15 is 0 Å². The smallest absolute Gasteiger partial charge is 0.302 e. The first-order valence-electron chi connectivity index (χ1n) is 3.82. The van der Waals surface area contributed by atoms with Gasteiger partial charge < -0.3 is 4.55 Å².